The first-order valence-corrected chi connectivity index (χ1v) is 7.47. The summed E-state index contributed by atoms with van der Waals surface area (Å²) in [4.78, 5) is 19.3. The number of hydrogen-bond donors (Lipinski definition) is 2. The second-order valence-corrected chi connectivity index (χ2v) is 6.07. The highest BCUT2D eigenvalue weighted by molar-refractivity contribution is 7.99. The monoisotopic (exact) mass is 338 g/mol. The van der Waals surface area contributed by atoms with Crippen LogP contribution in [0, 0.1) is 0 Å². The zero-order chi connectivity index (χ0) is 15.0. The molecule has 1 aromatic heterocycles. The summed E-state index contributed by atoms with van der Waals surface area (Å²) in [5.41, 5.74) is 1.67. The van der Waals surface area contributed by atoms with Gasteiger partial charge in [-0.25, -0.2) is 9.78 Å². The van der Waals surface area contributed by atoms with Crippen LogP contribution in [0.2, 0.25) is 10.0 Å². The molecular formula is C14H8Cl2N2O2S. The molecule has 2 aromatic carbocycles. The van der Waals surface area contributed by atoms with Gasteiger partial charge >= 0.3 is 5.97 Å². The van der Waals surface area contributed by atoms with Crippen LogP contribution >= 0.6 is 35.0 Å². The molecule has 0 unspecified atom stereocenters. The quantitative estimate of drug-likeness (QED) is 0.725. The summed E-state index contributed by atoms with van der Waals surface area (Å²) < 4.78 is 0. The number of nitrogens with one attached hydrogen (secondary N) is 1. The Morgan fingerprint density at radius 3 is 2.67 bits per heavy atom. The number of aromatic nitrogens is 2. The van der Waals surface area contributed by atoms with Crippen LogP contribution in [0.15, 0.2) is 46.5 Å². The molecule has 0 radical (unpaired) electrons. The third-order valence-electron chi connectivity index (χ3n) is 2.83. The van der Waals surface area contributed by atoms with Crippen molar-refractivity contribution >= 4 is 52.0 Å². The molecule has 1 heterocycles. The summed E-state index contributed by atoms with van der Waals surface area (Å²) >= 11 is 13.2. The highest BCUT2D eigenvalue weighted by Crippen LogP contribution is 2.32. The maximum atomic E-state index is 11.2. The van der Waals surface area contributed by atoms with E-state index in [4.69, 9.17) is 23.2 Å². The van der Waals surface area contributed by atoms with E-state index in [0.29, 0.717) is 25.6 Å². The van der Waals surface area contributed by atoms with E-state index >= 15 is 0 Å². The van der Waals surface area contributed by atoms with Crippen LogP contribution in [0.1, 0.15) is 10.4 Å². The minimum absolute atomic E-state index is 0.235. The van der Waals surface area contributed by atoms with Crippen LogP contribution in [0.4, 0.5) is 0 Å². The number of rotatable bonds is 3. The van der Waals surface area contributed by atoms with Gasteiger partial charge in [0, 0.05) is 4.90 Å². The van der Waals surface area contributed by atoms with Gasteiger partial charge in [0.15, 0.2) is 5.16 Å². The fourth-order valence-electron chi connectivity index (χ4n) is 1.87. The van der Waals surface area contributed by atoms with Gasteiger partial charge in [0.1, 0.15) is 0 Å². The molecule has 0 amide bonds. The van der Waals surface area contributed by atoms with Crippen molar-refractivity contribution < 1.29 is 9.90 Å². The molecule has 0 fully saturated rings. The molecule has 0 saturated carbocycles. The van der Waals surface area contributed by atoms with Crippen LogP contribution in [0.3, 0.4) is 0 Å². The zero-order valence-corrected chi connectivity index (χ0v) is 12.8. The predicted octanol–water partition coefficient (Wildman–Crippen LogP) is 4.72. The molecule has 7 heteroatoms. The molecular weight excluding hydrogens is 331 g/mol. The maximum Gasteiger partial charge on any atom is 0.336 e. The van der Waals surface area contributed by atoms with E-state index in [0.717, 1.165) is 5.52 Å². The molecule has 0 aliphatic heterocycles. The third kappa shape index (κ3) is 2.85. The first-order valence-electron chi connectivity index (χ1n) is 5.89. The lowest BCUT2D eigenvalue weighted by molar-refractivity contribution is 0.0693. The average molecular weight is 339 g/mol. The Morgan fingerprint density at radius 2 is 1.90 bits per heavy atom. The molecule has 4 nitrogen and oxygen atoms in total. The number of carboxylic acid groups (broad SMARTS) is 1. The van der Waals surface area contributed by atoms with Gasteiger partial charge in [-0.15, -0.1) is 0 Å². The lowest BCUT2D eigenvalue weighted by atomic mass is 10.2. The van der Waals surface area contributed by atoms with Gasteiger partial charge in [0.05, 0.1) is 26.6 Å². The number of aromatic amines is 1. The zero-order valence-electron chi connectivity index (χ0n) is 10.4. The van der Waals surface area contributed by atoms with Crippen molar-refractivity contribution in [2.45, 2.75) is 10.1 Å². The highest BCUT2D eigenvalue weighted by Gasteiger charge is 2.13. The SMILES string of the molecule is O=C(O)c1ccccc1Sc1nc2cc(Cl)c(Cl)cc2[nH]1. The minimum atomic E-state index is -0.972. The van der Waals surface area contributed by atoms with Crippen molar-refractivity contribution in [3.05, 3.63) is 52.0 Å². The number of carbonyl (C=O) groups is 1. The summed E-state index contributed by atoms with van der Waals surface area (Å²) in [6.45, 7) is 0. The number of H-pyrrole nitrogens is 1. The normalized spacial score (nSPS) is 11.0. The molecule has 2 N–H and O–H groups in total. The number of carboxylic acids is 1. The van der Waals surface area contributed by atoms with Gasteiger partial charge in [0.25, 0.3) is 0 Å². The first kappa shape index (κ1) is 14.3. The Bertz CT molecular complexity index is 809. The number of aromatic carboxylic acids is 1. The summed E-state index contributed by atoms with van der Waals surface area (Å²) in [6.07, 6.45) is 0. The Hall–Kier alpha value is -1.69. The molecule has 0 spiro atoms. The molecule has 0 atom stereocenters. The molecule has 0 bridgehead atoms. The minimum Gasteiger partial charge on any atom is -0.478 e. The standard InChI is InChI=1S/C14H8Cl2N2O2S/c15-8-5-10-11(6-9(8)16)18-14(17-10)21-12-4-2-1-3-7(12)13(19)20/h1-6H,(H,17,18)(H,19,20). The van der Waals surface area contributed by atoms with E-state index < -0.39 is 5.97 Å². The Balaban J connectivity index is 2.01. The summed E-state index contributed by atoms with van der Waals surface area (Å²) in [5, 5.41) is 10.6. The first-order chi connectivity index (χ1) is 10.0. The van der Waals surface area contributed by atoms with E-state index in [1.165, 1.54) is 11.8 Å². The van der Waals surface area contributed by atoms with Crippen molar-refractivity contribution in [2.75, 3.05) is 0 Å². The van der Waals surface area contributed by atoms with E-state index in [2.05, 4.69) is 9.97 Å². The van der Waals surface area contributed by atoms with Crippen molar-refractivity contribution in [3.63, 3.8) is 0 Å². The van der Waals surface area contributed by atoms with Crippen LogP contribution in [0.25, 0.3) is 11.0 Å². The van der Waals surface area contributed by atoms with Crippen molar-refractivity contribution in [2.24, 2.45) is 0 Å². The highest BCUT2D eigenvalue weighted by atomic mass is 35.5. The molecule has 3 rings (SSSR count). The van der Waals surface area contributed by atoms with Gasteiger partial charge in [-0.1, -0.05) is 47.1 Å². The van der Waals surface area contributed by atoms with Gasteiger partial charge in [-0.2, -0.15) is 0 Å². The van der Waals surface area contributed by atoms with E-state index in [9.17, 15) is 9.90 Å². The molecule has 3 aromatic rings. The second kappa shape index (κ2) is 5.60. The number of imidazole rings is 1. The molecule has 106 valence electrons. The molecule has 21 heavy (non-hydrogen) atoms. The molecule has 0 saturated heterocycles. The van der Waals surface area contributed by atoms with Crippen LogP contribution < -0.4 is 0 Å². The largest absolute Gasteiger partial charge is 0.478 e. The summed E-state index contributed by atoms with van der Waals surface area (Å²) in [5.74, 6) is -0.972. The van der Waals surface area contributed by atoms with Crippen LogP contribution in [0.5, 0.6) is 0 Å². The summed E-state index contributed by atoms with van der Waals surface area (Å²) in [6, 6.07) is 10.1. The number of hydrogen-bond acceptors (Lipinski definition) is 3. The van der Waals surface area contributed by atoms with Crippen LogP contribution in [-0.4, -0.2) is 21.0 Å². The van der Waals surface area contributed by atoms with Gasteiger partial charge in [-0.3, -0.25) is 0 Å². The number of halogens is 2. The summed E-state index contributed by atoms with van der Waals surface area (Å²) in [7, 11) is 0. The van der Waals surface area contributed by atoms with E-state index in [-0.39, 0.29) is 5.56 Å². The lowest BCUT2D eigenvalue weighted by Crippen LogP contribution is -1.98. The Labute approximate surface area is 134 Å². The van der Waals surface area contributed by atoms with Crippen LogP contribution in [-0.2, 0) is 0 Å². The van der Waals surface area contributed by atoms with E-state index in [1.807, 2.05) is 0 Å². The van der Waals surface area contributed by atoms with Gasteiger partial charge in [-0.05, 0) is 24.3 Å². The van der Waals surface area contributed by atoms with Gasteiger partial charge in [0.2, 0.25) is 0 Å². The average Bonchev–Trinajstić information content (AvgIpc) is 2.81. The second-order valence-electron chi connectivity index (χ2n) is 4.23. The number of nitrogens with zero attached hydrogens (tertiary/aromatic N) is 1. The third-order valence-corrected chi connectivity index (χ3v) is 4.51. The Kier molecular flexibility index (Phi) is 3.80. The smallest absolute Gasteiger partial charge is 0.336 e. The maximum absolute atomic E-state index is 11.2. The number of benzene rings is 2. The molecule has 0 aliphatic carbocycles. The van der Waals surface area contributed by atoms with Crippen molar-refractivity contribution in [1.29, 1.82) is 0 Å². The van der Waals surface area contributed by atoms with Gasteiger partial charge < -0.3 is 10.1 Å². The fourth-order valence-corrected chi connectivity index (χ4v) is 3.11. The lowest BCUT2D eigenvalue weighted by Gasteiger charge is -2.02. The van der Waals surface area contributed by atoms with Crippen molar-refractivity contribution in [3.8, 4) is 0 Å². The number of fused-ring (bicyclic) bond motifs is 1. The predicted molar refractivity (Wildman–Crippen MR) is 83.6 cm³/mol. The Morgan fingerprint density at radius 1 is 1.19 bits per heavy atom. The topological polar surface area (TPSA) is 66.0 Å². The fraction of sp³-hybridized carbons (Fsp3) is 0. The van der Waals surface area contributed by atoms with E-state index in [1.54, 1.807) is 36.4 Å². The van der Waals surface area contributed by atoms with Crippen molar-refractivity contribution in [1.82, 2.24) is 9.97 Å². The molecule has 0 aliphatic rings.